The maximum atomic E-state index is 6.30. The first-order valence-electron chi connectivity index (χ1n) is 7.20. The fourth-order valence-corrected chi connectivity index (χ4v) is 2.94. The van der Waals surface area contributed by atoms with Crippen molar-refractivity contribution in [1.29, 1.82) is 0 Å². The van der Waals surface area contributed by atoms with E-state index >= 15 is 0 Å². The van der Waals surface area contributed by atoms with Crippen molar-refractivity contribution in [3.8, 4) is 11.1 Å². The van der Waals surface area contributed by atoms with E-state index in [0.717, 1.165) is 12.8 Å². The van der Waals surface area contributed by atoms with Gasteiger partial charge in [-0.3, -0.25) is 4.68 Å². The van der Waals surface area contributed by atoms with E-state index in [1.54, 1.807) is 0 Å². The molecule has 3 rings (SSSR count). The van der Waals surface area contributed by atoms with E-state index in [1.165, 1.54) is 30.4 Å². The maximum absolute atomic E-state index is 6.30. The summed E-state index contributed by atoms with van der Waals surface area (Å²) in [6.07, 6.45) is 10.2. The lowest BCUT2D eigenvalue weighted by molar-refractivity contribution is 0.358. The molecule has 2 aromatic rings. The molecule has 100 valence electrons. The third-order valence-corrected chi connectivity index (χ3v) is 4.08. The van der Waals surface area contributed by atoms with Gasteiger partial charge in [0, 0.05) is 17.8 Å². The molecule has 1 aromatic heterocycles. The van der Waals surface area contributed by atoms with Crippen molar-refractivity contribution in [3.63, 3.8) is 0 Å². The molecular formula is C16H21N3. The van der Waals surface area contributed by atoms with Crippen LogP contribution in [0.1, 0.15) is 38.1 Å². The number of nitrogens with zero attached hydrogens (tertiary/aromatic N) is 2. The van der Waals surface area contributed by atoms with Gasteiger partial charge in [-0.15, -0.1) is 0 Å². The lowest BCUT2D eigenvalue weighted by Crippen LogP contribution is -2.31. The van der Waals surface area contributed by atoms with Crippen LogP contribution >= 0.6 is 0 Å². The van der Waals surface area contributed by atoms with Crippen LogP contribution in [-0.2, 0) is 0 Å². The van der Waals surface area contributed by atoms with Crippen molar-refractivity contribution in [3.05, 3.63) is 42.7 Å². The first kappa shape index (κ1) is 12.4. The van der Waals surface area contributed by atoms with Crippen molar-refractivity contribution in [2.45, 2.75) is 44.2 Å². The average Bonchev–Trinajstić information content (AvgIpc) is 2.83. The Kier molecular flexibility index (Phi) is 3.65. The molecule has 0 amide bonds. The van der Waals surface area contributed by atoms with Crippen LogP contribution in [0.5, 0.6) is 0 Å². The highest BCUT2D eigenvalue weighted by atomic mass is 15.3. The predicted octanol–water partition coefficient (Wildman–Crippen LogP) is 3.38. The van der Waals surface area contributed by atoms with E-state index in [1.807, 2.05) is 12.3 Å². The number of rotatable bonds is 2. The second-order valence-corrected chi connectivity index (χ2v) is 5.44. The highest BCUT2D eigenvalue weighted by molar-refractivity contribution is 5.61. The highest BCUT2D eigenvalue weighted by Gasteiger charge is 2.22. The zero-order valence-electron chi connectivity index (χ0n) is 11.2. The zero-order chi connectivity index (χ0) is 13.1. The van der Waals surface area contributed by atoms with Gasteiger partial charge in [0.05, 0.1) is 12.2 Å². The predicted molar refractivity (Wildman–Crippen MR) is 77.8 cm³/mol. The molecule has 1 heterocycles. The number of hydrogen-bond donors (Lipinski definition) is 1. The SMILES string of the molecule is NC1CCCCCC1n1cc(-c2ccccc2)cn1. The fraction of sp³-hybridized carbons (Fsp3) is 0.438. The van der Waals surface area contributed by atoms with Gasteiger partial charge in [-0.05, 0) is 18.4 Å². The molecule has 1 aliphatic rings. The molecule has 3 heteroatoms. The summed E-state index contributed by atoms with van der Waals surface area (Å²) >= 11 is 0. The Balaban J connectivity index is 1.84. The summed E-state index contributed by atoms with van der Waals surface area (Å²) in [4.78, 5) is 0. The Morgan fingerprint density at radius 3 is 2.63 bits per heavy atom. The van der Waals surface area contributed by atoms with Crippen LogP contribution in [0.2, 0.25) is 0 Å². The first-order valence-corrected chi connectivity index (χ1v) is 7.20. The van der Waals surface area contributed by atoms with Crippen molar-refractivity contribution >= 4 is 0 Å². The fourth-order valence-electron chi connectivity index (χ4n) is 2.94. The van der Waals surface area contributed by atoms with Gasteiger partial charge in [0.25, 0.3) is 0 Å². The molecule has 0 saturated heterocycles. The Morgan fingerprint density at radius 2 is 1.79 bits per heavy atom. The Bertz CT molecular complexity index is 518. The third kappa shape index (κ3) is 2.71. The van der Waals surface area contributed by atoms with Crippen LogP contribution in [0, 0.1) is 0 Å². The van der Waals surface area contributed by atoms with Crippen molar-refractivity contribution in [2.24, 2.45) is 5.73 Å². The van der Waals surface area contributed by atoms with Gasteiger partial charge in [-0.2, -0.15) is 5.10 Å². The summed E-state index contributed by atoms with van der Waals surface area (Å²) in [5.74, 6) is 0. The molecule has 0 radical (unpaired) electrons. The molecule has 1 aromatic carbocycles. The topological polar surface area (TPSA) is 43.8 Å². The summed E-state index contributed by atoms with van der Waals surface area (Å²) in [7, 11) is 0. The minimum atomic E-state index is 0.242. The average molecular weight is 255 g/mol. The van der Waals surface area contributed by atoms with E-state index in [2.05, 4.69) is 40.2 Å². The Hall–Kier alpha value is -1.61. The normalized spacial score (nSPS) is 24.1. The number of nitrogens with two attached hydrogens (primary N) is 1. The lowest BCUT2D eigenvalue weighted by atomic mass is 10.0. The van der Waals surface area contributed by atoms with Gasteiger partial charge in [-0.1, -0.05) is 49.6 Å². The Labute approximate surface area is 114 Å². The van der Waals surface area contributed by atoms with Gasteiger partial charge >= 0.3 is 0 Å². The van der Waals surface area contributed by atoms with E-state index < -0.39 is 0 Å². The number of benzene rings is 1. The van der Waals surface area contributed by atoms with Crippen LogP contribution in [0.15, 0.2) is 42.7 Å². The Morgan fingerprint density at radius 1 is 1.00 bits per heavy atom. The molecule has 0 spiro atoms. The van der Waals surface area contributed by atoms with Crippen molar-refractivity contribution in [1.82, 2.24) is 9.78 Å². The van der Waals surface area contributed by atoms with E-state index in [4.69, 9.17) is 5.73 Å². The van der Waals surface area contributed by atoms with Crippen molar-refractivity contribution in [2.75, 3.05) is 0 Å². The van der Waals surface area contributed by atoms with Gasteiger partial charge in [0.2, 0.25) is 0 Å². The third-order valence-electron chi connectivity index (χ3n) is 4.08. The molecule has 2 unspecified atom stereocenters. The van der Waals surface area contributed by atoms with Crippen LogP contribution < -0.4 is 5.73 Å². The second-order valence-electron chi connectivity index (χ2n) is 5.44. The highest BCUT2D eigenvalue weighted by Crippen LogP contribution is 2.27. The van der Waals surface area contributed by atoms with Crippen LogP contribution in [0.4, 0.5) is 0 Å². The number of hydrogen-bond acceptors (Lipinski definition) is 2. The summed E-state index contributed by atoms with van der Waals surface area (Å²) in [6, 6.07) is 11.0. The van der Waals surface area contributed by atoms with Gasteiger partial charge in [0.15, 0.2) is 0 Å². The summed E-state index contributed by atoms with van der Waals surface area (Å²) in [5, 5.41) is 4.54. The molecule has 1 saturated carbocycles. The largest absolute Gasteiger partial charge is 0.326 e. The minimum Gasteiger partial charge on any atom is -0.326 e. The van der Waals surface area contributed by atoms with E-state index in [-0.39, 0.29) is 6.04 Å². The summed E-state index contributed by atoms with van der Waals surface area (Å²) in [5.41, 5.74) is 8.69. The summed E-state index contributed by atoms with van der Waals surface area (Å²) < 4.78 is 2.08. The smallest absolute Gasteiger partial charge is 0.0670 e. The zero-order valence-corrected chi connectivity index (χ0v) is 11.2. The number of aromatic nitrogens is 2. The molecule has 2 atom stereocenters. The van der Waals surface area contributed by atoms with Crippen LogP contribution in [0.25, 0.3) is 11.1 Å². The second kappa shape index (κ2) is 5.57. The standard InChI is InChI=1S/C16H21N3/c17-15-9-5-2-6-10-16(15)19-12-14(11-18-19)13-7-3-1-4-8-13/h1,3-4,7-8,11-12,15-16H,2,5-6,9-10,17H2. The van der Waals surface area contributed by atoms with E-state index in [9.17, 15) is 0 Å². The van der Waals surface area contributed by atoms with Gasteiger partial charge < -0.3 is 5.73 Å². The molecule has 0 aliphatic heterocycles. The molecule has 3 nitrogen and oxygen atoms in total. The van der Waals surface area contributed by atoms with Crippen molar-refractivity contribution < 1.29 is 0 Å². The summed E-state index contributed by atoms with van der Waals surface area (Å²) in [6.45, 7) is 0. The molecular weight excluding hydrogens is 234 g/mol. The molecule has 2 N–H and O–H groups in total. The molecule has 1 aliphatic carbocycles. The van der Waals surface area contributed by atoms with Crippen LogP contribution in [0.3, 0.4) is 0 Å². The maximum Gasteiger partial charge on any atom is 0.0670 e. The molecule has 0 bridgehead atoms. The van der Waals surface area contributed by atoms with E-state index in [0.29, 0.717) is 6.04 Å². The monoisotopic (exact) mass is 255 g/mol. The van der Waals surface area contributed by atoms with Gasteiger partial charge in [0.1, 0.15) is 0 Å². The molecule has 1 fully saturated rings. The molecule has 19 heavy (non-hydrogen) atoms. The van der Waals surface area contributed by atoms with Crippen LogP contribution in [-0.4, -0.2) is 15.8 Å². The quantitative estimate of drug-likeness (QED) is 0.836. The van der Waals surface area contributed by atoms with Gasteiger partial charge in [-0.25, -0.2) is 0 Å². The lowest BCUT2D eigenvalue weighted by Gasteiger charge is -2.21. The minimum absolute atomic E-state index is 0.242. The first-order chi connectivity index (χ1) is 9.34.